The minimum absolute atomic E-state index is 0.0382. The summed E-state index contributed by atoms with van der Waals surface area (Å²) < 4.78 is 0. The predicted molar refractivity (Wildman–Crippen MR) is 107 cm³/mol. The molecule has 142 valence electrons. The zero-order valence-electron chi connectivity index (χ0n) is 15.2. The van der Waals surface area contributed by atoms with Crippen molar-refractivity contribution in [3.63, 3.8) is 0 Å². The van der Waals surface area contributed by atoms with Gasteiger partial charge in [-0.2, -0.15) is 0 Å². The van der Waals surface area contributed by atoms with E-state index in [0.29, 0.717) is 24.7 Å². The first-order chi connectivity index (χ1) is 13.0. The lowest BCUT2D eigenvalue weighted by atomic mass is 10.1. The van der Waals surface area contributed by atoms with E-state index >= 15 is 0 Å². The topological polar surface area (TPSA) is 73.5 Å². The standard InChI is InChI=1S/C20H23ClN4O2/c1-14(17-4-2-3-5-18(17)21)24-20(27)23-12-15-6-8-16(9-7-15)25-11-10-22-19(26)13-25/h2-9,14H,10-13H2,1H3,(H,22,26)(H2,23,24,27). The maximum Gasteiger partial charge on any atom is 0.315 e. The Morgan fingerprint density at radius 2 is 1.96 bits per heavy atom. The summed E-state index contributed by atoms with van der Waals surface area (Å²) in [5, 5.41) is 9.19. The van der Waals surface area contributed by atoms with Crippen molar-refractivity contribution >= 4 is 29.2 Å². The van der Waals surface area contributed by atoms with Gasteiger partial charge in [-0.25, -0.2) is 4.79 Å². The zero-order chi connectivity index (χ0) is 19.2. The summed E-state index contributed by atoms with van der Waals surface area (Å²) in [4.78, 5) is 25.7. The van der Waals surface area contributed by atoms with Gasteiger partial charge in [0, 0.05) is 30.3 Å². The van der Waals surface area contributed by atoms with Gasteiger partial charge in [-0.05, 0) is 36.2 Å². The number of rotatable bonds is 5. The van der Waals surface area contributed by atoms with Crippen LogP contribution < -0.4 is 20.9 Å². The number of piperazine rings is 1. The molecule has 3 amide bonds. The molecule has 3 rings (SSSR count). The van der Waals surface area contributed by atoms with E-state index < -0.39 is 0 Å². The summed E-state index contributed by atoms with van der Waals surface area (Å²) in [6.45, 7) is 4.14. The summed E-state index contributed by atoms with van der Waals surface area (Å²) in [6, 6.07) is 14.9. The molecule has 0 aromatic heterocycles. The highest BCUT2D eigenvalue weighted by molar-refractivity contribution is 6.31. The number of urea groups is 1. The second-order valence-corrected chi connectivity index (χ2v) is 6.92. The maximum atomic E-state index is 12.1. The molecule has 1 unspecified atom stereocenters. The summed E-state index contributed by atoms with van der Waals surface area (Å²) in [6.07, 6.45) is 0. The second kappa shape index (κ2) is 8.77. The van der Waals surface area contributed by atoms with Gasteiger partial charge in [0.2, 0.25) is 5.91 Å². The van der Waals surface area contributed by atoms with E-state index in [9.17, 15) is 9.59 Å². The third-order valence-electron chi connectivity index (χ3n) is 4.51. The van der Waals surface area contributed by atoms with Gasteiger partial charge in [-0.3, -0.25) is 4.79 Å². The number of nitrogens with one attached hydrogen (secondary N) is 3. The molecular formula is C20H23ClN4O2. The Kier molecular flexibility index (Phi) is 6.19. The van der Waals surface area contributed by atoms with Crippen molar-refractivity contribution in [3.8, 4) is 0 Å². The highest BCUT2D eigenvalue weighted by Crippen LogP contribution is 2.22. The van der Waals surface area contributed by atoms with E-state index in [0.717, 1.165) is 23.4 Å². The average molecular weight is 387 g/mol. The van der Waals surface area contributed by atoms with Crippen molar-refractivity contribution in [3.05, 3.63) is 64.7 Å². The lowest BCUT2D eigenvalue weighted by Crippen LogP contribution is -2.47. The molecule has 1 fully saturated rings. The van der Waals surface area contributed by atoms with Gasteiger partial charge in [0.05, 0.1) is 12.6 Å². The molecule has 1 heterocycles. The molecule has 1 atom stereocenters. The van der Waals surface area contributed by atoms with Gasteiger partial charge >= 0.3 is 6.03 Å². The molecular weight excluding hydrogens is 364 g/mol. The van der Waals surface area contributed by atoms with Crippen molar-refractivity contribution in [2.45, 2.75) is 19.5 Å². The van der Waals surface area contributed by atoms with Crippen LogP contribution in [0.15, 0.2) is 48.5 Å². The minimum Gasteiger partial charge on any atom is -0.360 e. The number of halogens is 1. The maximum absolute atomic E-state index is 12.1. The number of anilines is 1. The average Bonchev–Trinajstić information content (AvgIpc) is 2.67. The Hall–Kier alpha value is -2.73. The smallest absolute Gasteiger partial charge is 0.315 e. The molecule has 1 aliphatic heterocycles. The number of amides is 3. The molecule has 1 aliphatic rings. The van der Waals surface area contributed by atoms with E-state index in [1.807, 2.05) is 54.3 Å². The van der Waals surface area contributed by atoms with Crippen LogP contribution >= 0.6 is 11.6 Å². The molecule has 6 nitrogen and oxygen atoms in total. The van der Waals surface area contributed by atoms with Crippen LogP contribution in [0.1, 0.15) is 24.1 Å². The van der Waals surface area contributed by atoms with E-state index in [1.54, 1.807) is 6.07 Å². The third-order valence-corrected chi connectivity index (χ3v) is 4.86. The van der Waals surface area contributed by atoms with Crippen molar-refractivity contribution in [1.29, 1.82) is 0 Å². The molecule has 0 spiro atoms. The fourth-order valence-corrected chi connectivity index (χ4v) is 3.32. The van der Waals surface area contributed by atoms with Crippen LogP contribution in [-0.2, 0) is 11.3 Å². The van der Waals surface area contributed by atoms with E-state index in [1.165, 1.54) is 0 Å². The Morgan fingerprint density at radius 3 is 2.67 bits per heavy atom. The molecule has 0 radical (unpaired) electrons. The normalized spacial score (nSPS) is 15.0. The van der Waals surface area contributed by atoms with Crippen LogP contribution in [0.4, 0.5) is 10.5 Å². The lowest BCUT2D eigenvalue weighted by molar-refractivity contribution is -0.120. The number of carbonyl (C=O) groups is 2. The van der Waals surface area contributed by atoms with Gasteiger partial charge in [-0.15, -0.1) is 0 Å². The molecule has 0 bridgehead atoms. The fraction of sp³-hybridized carbons (Fsp3) is 0.300. The Bertz CT molecular complexity index is 810. The monoisotopic (exact) mass is 386 g/mol. The quantitative estimate of drug-likeness (QED) is 0.739. The number of hydrogen-bond donors (Lipinski definition) is 3. The largest absolute Gasteiger partial charge is 0.360 e. The van der Waals surface area contributed by atoms with Crippen LogP contribution in [0.25, 0.3) is 0 Å². The molecule has 1 saturated heterocycles. The van der Waals surface area contributed by atoms with Crippen LogP contribution in [-0.4, -0.2) is 31.6 Å². The first-order valence-corrected chi connectivity index (χ1v) is 9.30. The zero-order valence-corrected chi connectivity index (χ0v) is 15.9. The molecule has 2 aromatic carbocycles. The summed E-state index contributed by atoms with van der Waals surface area (Å²) >= 11 is 6.16. The second-order valence-electron chi connectivity index (χ2n) is 6.51. The molecule has 0 aliphatic carbocycles. The van der Waals surface area contributed by atoms with Gasteiger partial charge in [0.25, 0.3) is 0 Å². The molecule has 7 heteroatoms. The van der Waals surface area contributed by atoms with E-state index in [-0.39, 0.29) is 18.0 Å². The van der Waals surface area contributed by atoms with Gasteiger partial charge in [0.1, 0.15) is 0 Å². The van der Waals surface area contributed by atoms with Crippen LogP contribution in [0, 0.1) is 0 Å². The van der Waals surface area contributed by atoms with Crippen molar-refractivity contribution in [1.82, 2.24) is 16.0 Å². The highest BCUT2D eigenvalue weighted by Gasteiger charge is 2.16. The third kappa shape index (κ3) is 5.14. The van der Waals surface area contributed by atoms with Gasteiger partial charge < -0.3 is 20.9 Å². The van der Waals surface area contributed by atoms with E-state index in [4.69, 9.17) is 11.6 Å². The van der Waals surface area contributed by atoms with Crippen molar-refractivity contribution in [2.75, 3.05) is 24.5 Å². The number of benzene rings is 2. The van der Waals surface area contributed by atoms with Crippen LogP contribution in [0.3, 0.4) is 0 Å². The van der Waals surface area contributed by atoms with E-state index in [2.05, 4.69) is 16.0 Å². The molecule has 2 aromatic rings. The molecule has 3 N–H and O–H groups in total. The summed E-state index contributed by atoms with van der Waals surface area (Å²) in [5.74, 6) is 0.0382. The first kappa shape index (κ1) is 19.0. The summed E-state index contributed by atoms with van der Waals surface area (Å²) in [5.41, 5.74) is 2.87. The van der Waals surface area contributed by atoms with Crippen LogP contribution in [0.2, 0.25) is 5.02 Å². The fourth-order valence-electron chi connectivity index (χ4n) is 3.02. The SMILES string of the molecule is CC(NC(=O)NCc1ccc(N2CCNC(=O)C2)cc1)c1ccccc1Cl. The van der Waals surface area contributed by atoms with Crippen molar-refractivity contribution < 1.29 is 9.59 Å². The number of hydrogen-bond acceptors (Lipinski definition) is 3. The van der Waals surface area contributed by atoms with Crippen molar-refractivity contribution in [2.24, 2.45) is 0 Å². The van der Waals surface area contributed by atoms with Crippen LogP contribution in [0.5, 0.6) is 0 Å². The first-order valence-electron chi connectivity index (χ1n) is 8.92. The predicted octanol–water partition coefficient (Wildman–Crippen LogP) is 2.84. The molecule has 0 saturated carbocycles. The molecule has 27 heavy (non-hydrogen) atoms. The number of carbonyl (C=O) groups excluding carboxylic acids is 2. The lowest BCUT2D eigenvalue weighted by Gasteiger charge is -2.28. The Morgan fingerprint density at radius 1 is 1.22 bits per heavy atom. The van der Waals surface area contributed by atoms with Gasteiger partial charge in [-0.1, -0.05) is 41.9 Å². The Labute approximate surface area is 163 Å². The summed E-state index contributed by atoms with van der Waals surface area (Å²) in [7, 11) is 0. The highest BCUT2D eigenvalue weighted by atomic mass is 35.5. The minimum atomic E-state index is -0.251. The number of nitrogens with zero attached hydrogens (tertiary/aromatic N) is 1. The Balaban J connectivity index is 1.50. The van der Waals surface area contributed by atoms with Gasteiger partial charge in [0.15, 0.2) is 0 Å².